The lowest BCUT2D eigenvalue weighted by Gasteiger charge is -2.17. The third-order valence-corrected chi connectivity index (χ3v) is 4.34. The fourth-order valence-electron chi connectivity index (χ4n) is 2.78. The van der Waals surface area contributed by atoms with Crippen molar-refractivity contribution < 1.29 is 9.53 Å². The van der Waals surface area contributed by atoms with Crippen LogP contribution in [0.5, 0.6) is 0 Å². The minimum Gasteiger partial charge on any atom is -0.448 e. The lowest BCUT2D eigenvalue weighted by Crippen LogP contribution is -2.34. The van der Waals surface area contributed by atoms with Gasteiger partial charge in [-0.15, -0.1) is 0 Å². The van der Waals surface area contributed by atoms with Crippen LogP contribution in [0.1, 0.15) is 18.9 Å². The highest BCUT2D eigenvalue weighted by atomic mass is 16.5. The fourth-order valence-corrected chi connectivity index (χ4v) is 2.78. The van der Waals surface area contributed by atoms with Crippen LogP contribution in [0.15, 0.2) is 72.8 Å². The van der Waals surface area contributed by atoms with E-state index in [1.165, 1.54) is 16.3 Å². The van der Waals surface area contributed by atoms with Crippen molar-refractivity contribution in [3.63, 3.8) is 0 Å². The predicted octanol–water partition coefficient (Wildman–Crippen LogP) is 4.96. The second-order valence-corrected chi connectivity index (χ2v) is 6.26. The van der Waals surface area contributed by atoms with Crippen molar-refractivity contribution in [1.29, 1.82) is 0 Å². The Bertz CT molecular complexity index is 849. The Hall–Kier alpha value is -2.85. The molecule has 3 aromatic carbocycles. The van der Waals surface area contributed by atoms with Gasteiger partial charge >= 0.3 is 6.09 Å². The van der Waals surface area contributed by atoms with E-state index in [4.69, 9.17) is 4.74 Å². The second-order valence-electron chi connectivity index (χ2n) is 6.26. The van der Waals surface area contributed by atoms with E-state index in [-0.39, 0.29) is 6.04 Å². The summed E-state index contributed by atoms with van der Waals surface area (Å²) >= 11 is 0. The Morgan fingerprint density at radius 3 is 2.46 bits per heavy atom. The van der Waals surface area contributed by atoms with Crippen LogP contribution in [0, 0.1) is 0 Å². The Morgan fingerprint density at radius 1 is 0.962 bits per heavy atom. The van der Waals surface area contributed by atoms with Crippen molar-refractivity contribution in [2.75, 3.05) is 11.9 Å². The highest BCUT2D eigenvalue weighted by Crippen LogP contribution is 2.15. The lowest BCUT2D eigenvalue weighted by molar-refractivity contribution is 0.146. The molecule has 0 spiro atoms. The Kier molecular flexibility index (Phi) is 6.23. The van der Waals surface area contributed by atoms with Gasteiger partial charge in [-0.25, -0.2) is 4.79 Å². The van der Waals surface area contributed by atoms with E-state index < -0.39 is 6.09 Å². The van der Waals surface area contributed by atoms with E-state index in [0.717, 1.165) is 18.7 Å². The number of fused-ring (bicyclic) bond motifs is 1. The van der Waals surface area contributed by atoms with Gasteiger partial charge in [0.2, 0.25) is 0 Å². The molecule has 0 aromatic heterocycles. The quantitative estimate of drug-likeness (QED) is 0.635. The summed E-state index contributed by atoms with van der Waals surface area (Å²) in [4.78, 5) is 11.9. The van der Waals surface area contributed by atoms with Gasteiger partial charge in [-0.2, -0.15) is 0 Å². The summed E-state index contributed by atoms with van der Waals surface area (Å²) < 4.78 is 5.35. The molecule has 26 heavy (non-hydrogen) atoms. The average Bonchev–Trinajstić information content (AvgIpc) is 2.68. The van der Waals surface area contributed by atoms with Crippen molar-refractivity contribution in [3.8, 4) is 0 Å². The minimum atomic E-state index is -0.429. The average molecular weight is 348 g/mol. The number of carbonyl (C=O) groups is 1. The van der Waals surface area contributed by atoms with Crippen molar-refractivity contribution in [2.45, 2.75) is 25.9 Å². The van der Waals surface area contributed by atoms with Gasteiger partial charge < -0.3 is 10.1 Å². The van der Waals surface area contributed by atoms with Crippen LogP contribution in [0.3, 0.4) is 0 Å². The van der Waals surface area contributed by atoms with E-state index in [2.05, 4.69) is 47.9 Å². The van der Waals surface area contributed by atoms with Crippen molar-refractivity contribution in [1.82, 2.24) is 5.32 Å². The molecule has 2 N–H and O–H groups in total. The molecule has 0 aliphatic heterocycles. The first-order valence-corrected chi connectivity index (χ1v) is 8.94. The molecule has 4 heteroatoms. The molecular weight excluding hydrogens is 324 g/mol. The maximum Gasteiger partial charge on any atom is 0.411 e. The first kappa shape index (κ1) is 18.0. The molecule has 0 saturated heterocycles. The van der Waals surface area contributed by atoms with Crippen LogP contribution in [-0.2, 0) is 11.3 Å². The molecule has 1 amide bonds. The summed E-state index contributed by atoms with van der Waals surface area (Å²) in [5, 5.41) is 8.67. The number of nitrogens with one attached hydrogen (secondary N) is 2. The van der Waals surface area contributed by atoms with Gasteiger partial charge in [0.1, 0.15) is 6.61 Å². The molecule has 0 aliphatic rings. The van der Waals surface area contributed by atoms with Gasteiger partial charge in [0.15, 0.2) is 0 Å². The summed E-state index contributed by atoms with van der Waals surface area (Å²) in [7, 11) is 0. The lowest BCUT2D eigenvalue weighted by atomic mass is 10.1. The van der Waals surface area contributed by atoms with E-state index in [0.29, 0.717) is 6.61 Å². The van der Waals surface area contributed by atoms with Gasteiger partial charge in [0.05, 0.1) is 0 Å². The summed E-state index contributed by atoms with van der Waals surface area (Å²) in [6.07, 6.45) is 0.453. The molecule has 3 aromatic rings. The van der Waals surface area contributed by atoms with E-state index >= 15 is 0 Å². The van der Waals surface area contributed by atoms with Crippen LogP contribution in [0.25, 0.3) is 10.8 Å². The van der Waals surface area contributed by atoms with Gasteiger partial charge in [-0.3, -0.25) is 5.32 Å². The molecular formula is C22H24N2O2. The summed E-state index contributed by atoms with van der Waals surface area (Å²) in [6.45, 7) is 3.16. The normalized spacial score (nSPS) is 11.9. The van der Waals surface area contributed by atoms with Gasteiger partial charge in [-0.1, -0.05) is 61.5 Å². The van der Waals surface area contributed by atoms with Crippen LogP contribution < -0.4 is 10.6 Å². The Balaban J connectivity index is 1.48. The van der Waals surface area contributed by atoms with Crippen LogP contribution in [0.2, 0.25) is 0 Å². The molecule has 0 fully saturated rings. The third-order valence-electron chi connectivity index (χ3n) is 4.34. The zero-order valence-electron chi connectivity index (χ0n) is 14.9. The smallest absolute Gasteiger partial charge is 0.411 e. The first-order chi connectivity index (χ1) is 12.7. The largest absolute Gasteiger partial charge is 0.448 e. The Morgan fingerprint density at radius 2 is 1.69 bits per heavy atom. The molecule has 1 unspecified atom stereocenters. The Labute approximate surface area is 154 Å². The van der Waals surface area contributed by atoms with Gasteiger partial charge in [-0.05, 0) is 41.0 Å². The van der Waals surface area contributed by atoms with Crippen molar-refractivity contribution in [3.05, 3.63) is 78.4 Å². The monoisotopic (exact) mass is 348 g/mol. The molecule has 0 aliphatic carbocycles. The summed E-state index contributed by atoms with van der Waals surface area (Å²) in [5.74, 6) is 0. The highest BCUT2D eigenvalue weighted by molar-refractivity contribution is 5.84. The molecule has 0 radical (unpaired) electrons. The molecule has 0 heterocycles. The summed E-state index contributed by atoms with van der Waals surface area (Å²) in [6, 6.07) is 24.2. The van der Waals surface area contributed by atoms with Crippen molar-refractivity contribution in [2.24, 2.45) is 0 Å². The van der Waals surface area contributed by atoms with Crippen LogP contribution in [-0.4, -0.2) is 18.7 Å². The number of para-hydroxylation sites is 1. The molecule has 1 atom stereocenters. The maximum atomic E-state index is 11.9. The number of hydrogen-bond donors (Lipinski definition) is 2. The van der Waals surface area contributed by atoms with Crippen molar-refractivity contribution >= 4 is 22.6 Å². The molecule has 134 valence electrons. The van der Waals surface area contributed by atoms with Crippen LogP contribution >= 0.6 is 0 Å². The maximum absolute atomic E-state index is 11.9. The first-order valence-electron chi connectivity index (χ1n) is 8.94. The number of anilines is 1. The standard InChI is InChI=1S/C22H24N2O2/c1-2-20(16-26-22(25)24-21-10-4-3-5-11-21)23-15-17-12-13-18-8-6-7-9-19(18)14-17/h3-14,20,23H,2,15-16H2,1H3,(H,24,25). The second kappa shape index (κ2) is 9.02. The molecule has 4 nitrogen and oxygen atoms in total. The third kappa shape index (κ3) is 5.07. The molecule has 0 saturated carbocycles. The highest BCUT2D eigenvalue weighted by Gasteiger charge is 2.10. The fraction of sp³-hybridized carbons (Fsp3) is 0.227. The molecule has 3 rings (SSSR count). The summed E-state index contributed by atoms with van der Waals surface area (Å²) in [5.41, 5.74) is 1.95. The van der Waals surface area contributed by atoms with Gasteiger partial charge in [0, 0.05) is 18.3 Å². The molecule has 0 bridgehead atoms. The number of hydrogen-bond acceptors (Lipinski definition) is 3. The zero-order chi connectivity index (χ0) is 18.2. The predicted molar refractivity (Wildman–Crippen MR) is 106 cm³/mol. The SMILES string of the molecule is CCC(COC(=O)Nc1ccccc1)NCc1ccc2ccccc2c1. The van der Waals surface area contributed by atoms with E-state index in [1.807, 2.05) is 42.5 Å². The number of benzene rings is 3. The van der Waals surface area contributed by atoms with Crippen LogP contribution in [0.4, 0.5) is 10.5 Å². The number of amides is 1. The number of ether oxygens (including phenoxy) is 1. The number of rotatable bonds is 7. The minimum absolute atomic E-state index is 0.114. The zero-order valence-corrected chi connectivity index (χ0v) is 14.9. The van der Waals surface area contributed by atoms with Gasteiger partial charge in [0.25, 0.3) is 0 Å². The topological polar surface area (TPSA) is 50.4 Å². The number of carbonyl (C=O) groups excluding carboxylic acids is 1. The van der Waals surface area contributed by atoms with E-state index in [1.54, 1.807) is 0 Å². The van der Waals surface area contributed by atoms with E-state index in [9.17, 15) is 4.79 Å².